The van der Waals surface area contributed by atoms with Crippen LogP contribution in [0.3, 0.4) is 0 Å². The smallest absolute Gasteiger partial charge is 0.389 e. The van der Waals surface area contributed by atoms with Gasteiger partial charge in [-0.15, -0.1) is 69.8 Å². The summed E-state index contributed by atoms with van der Waals surface area (Å²) in [5.74, 6) is -0.752. The second-order valence-electron chi connectivity index (χ2n) is 17.4. The van der Waals surface area contributed by atoms with Crippen molar-refractivity contribution in [3.63, 3.8) is 0 Å². The number of pyridine rings is 2. The third-order valence-corrected chi connectivity index (χ3v) is 10.7. The Bertz CT molecular complexity index is 2380. The van der Waals surface area contributed by atoms with Crippen LogP contribution in [0, 0.1) is 63.5 Å². The van der Waals surface area contributed by atoms with E-state index in [4.69, 9.17) is 2.74 Å². The third-order valence-electron chi connectivity index (χ3n) is 10.7. The number of halogens is 3. The van der Waals surface area contributed by atoms with E-state index >= 15 is 0 Å². The molecular weight excluding hydrogens is 970 g/mol. The fourth-order valence-electron chi connectivity index (χ4n) is 7.81. The first-order chi connectivity index (χ1) is 30.1. The van der Waals surface area contributed by atoms with E-state index < -0.39 is 24.3 Å². The number of ketones is 1. The number of aromatic nitrogens is 2. The van der Waals surface area contributed by atoms with Crippen LogP contribution in [0.1, 0.15) is 110 Å². The molecule has 1 radical (unpaired) electrons. The molecule has 1 N–H and O–H groups in total. The molecule has 339 valence electrons. The van der Waals surface area contributed by atoms with Gasteiger partial charge in [-0.3, -0.25) is 4.79 Å². The molecule has 0 aliphatic heterocycles. The number of fused-ring (bicyclic) bond motifs is 2. The zero-order valence-corrected chi connectivity index (χ0v) is 41.2. The largest absolute Gasteiger partial charge is 0.512 e. The molecule has 4 aromatic carbocycles. The van der Waals surface area contributed by atoms with Crippen LogP contribution in [0.5, 0.6) is 0 Å². The van der Waals surface area contributed by atoms with Crippen LogP contribution in [0.25, 0.3) is 44.1 Å². The predicted molar refractivity (Wildman–Crippen MR) is 252 cm³/mol. The van der Waals surface area contributed by atoms with E-state index in [1.54, 1.807) is 6.92 Å². The summed E-state index contributed by atoms with van der Waals surface area (Å²) in [6.07, 6.45) is -0.348. The number of carbonyl (C=O) groups is 1. The standard InChI is InChI=1S/2C21H22N.C13H21F3O2.Ir/c2*1-14(2)9-17-5-6-20-18(13-17)7-8-22-21(20)19-11-15(3)10-16(4)12-19;1-4-9(5-2)11(17)7-12(18)10(6-3)8-13(14,15)16;/h2*5-8,10-11,13-14H,9H2,1-4H3;7,9-10,18H,4-6,8H2,1-3H3;/q2*-1;;/b;;12-7-;/i2*8D;;. The van der Waals surface area contributed by atoms with Gasteiger partial charge in [0.05, 0.1) is 14.9 Å². The monoisotopic (exact) mass is 1040 g/mol. The number of hydrogen-bond acceptors (Lipinski definition) is 4. The van der Waals surface area contributed by atoms with Crippen molar-refractivity contribution >= 4 is 27.3 Å². The molecule has 0 aliphatic carbocycles. The summed E-state index contributed by atoms with van der Waals surface area (Å²) in [5.41, 5.74) is 10.9. The number of rotatable bonds is 13. The van der Waals surface area contributed by atoms with Gasteiger partial charge >= 0.3 is 6.18 Å². The molecule has 0 saturated heterocycles. The molecule has 2 heterocycles. The van der Waals surface area contributed by atoms with Crippen molar-refractivity contribution in [2.24, 2.45) is 23.7 Å². The summed E-state index contributed by atoms with van der Waals surface area (Å²) in [7, 11) is 0. The Hall–Kier alpha value is -4.65. The van der Waals surface area contributed by atoms with Gasteiger partial charge in [-0.2, -0.15) is 13.2 Å². The second kappa shape index (κ2) is 24.4. The molecule has 63 heavy (non-hydrogen) atoms. The van der Waals surface area contributed by atoms with Crippen LogP contribution in [0.4, 0.5) is 13.2 Å². The first-order valence-corrected chi connectivity index (χ1v) is 21.9. The number of carbonyl (C=O) groups excluding carboxylic acids is 1. The summed E-state index contributed by atoms with van der Waals surface area (Å²) < 4.78 is 52.9. The number of aliphatic hydroxyl groups is 1. The molecule has 6 rings (SSSR count). The minimum Gasteiger partial charge on any atom is -0.512 e. The van der Waals surface area contributed by atoms with Gasteiger partial charge in [0.2, 0.25) is 0 Å². The van der Waals surface area contributed by atoms with E-state index in [1.807, 2.05) is 39.8 Å². The molecule has 0 amide bonds. The summed E-state index contributed by atoms with van der Waals surface area (Å²) >= 11 is 0. The van der Waals surface area contributed by atoms with Crippen molar-refractivity contribution in [3.8, 4) is 22.5 Å². The van der Waals surface area contributed by atoms with Crippen LogP contribution in [-0.4, -0.2) is 27.0 Å². The first kappa shape index (κ1) is 49.4. The Morgan fingerprint density at radius 1 is 0.683 bits per heavy atom. The Morgan fingerprint density at radius 2 is 1.10 bits per heavy atom. The maximum Gasteiger partial charge on any atom is 0.389 e. The molecule has 4 nitrogen and oxygen atoms in total. The normalized spacial score (nSPS) is 12.6. The van der Waals surface area contributed by atoms with Crippen molar-refractivity contribution in [1.82, 2.24) is 9.97 Å². The zero-order chi connectivity index (χ0) is 47.5. The number of nitrogens with zero attached hydrogens (tertiary/aromatic N) is 2. The number of aryl methyl sites for hydroxylation is 4. The average molecular weight is 1040 g/mol. The maximum atomic E-state index is 12.3. The van der Waals surface area contributed by atoms with E-state index in [2.05, 4.69) is 124 Å². The predicted octanol–water partition coefficient (Wildman–Crippen LogP) is 15.4. The molecule has 0 saturated carbocycles. The second-order valence-corrected chi connectivity index (χ2v) is 17.4. The topological polar surface area (TPSA) is 63.1 Å². The fourth-order valence-corrected chi connectivity index (χ4v) is 7.81. The summed E-state index contributed by atoms with van der Waals surface area (Å²) in [6.45, 7) is 22.4. The Morgan fingerprint density at radius 3 is 1.44 bits per heavy atom. The van der Waals surface area contributed by atoms with Gasteiger partial charge in [0.25, 0.3) is 0 Å². The minimum absolute atomic E-state index is 0. The average Bonchev–Trinajstić information content (AvgIpc) is 3.18. The van der Waals surface area contributed by atoms with Crippen LogP contribution < -0.4 is 0 Å². The Kier molecular flexibility index (Phi) is 19.1. The summed E-state index contributed by atoms with van der Waals surface area (Å²) in [6, 6.07) is 31.9. The van der Waals surface area contributed by atoms with Crippen molar-refractivity contribution in [2.45, 2.75) is 121 Å². The molecule has 6 aromatic rings. The van der Waals surface area contributed by atoms with E-state index in [0.29, 0.717) is 37.0 Å². The third kappa shape index (κ3) is 16.1. The number of alkyl halides is 3. The summed E-state index contributed by atoms with van der Waals surface area (Å²) in [5, 5.41) is 14.0. The van der Waals surface area contributed by atoms with Gasteiger partial charge in [-0.1, -0.05) is 113 Å². The quantitative estimate of drug-likeness (QED) is 0.0711. The molecule has 0 aliphatic rings. The van der Waals surface area contributed by atoms with Crippen LogP contribution in [0.15, 0.2) is 97.0 Å². The molecule has 1 atom stereocenters. The molecule has 8 heteroatoms. The van der Waals surface area contributed by atoms with Gasteiger partial charge in [0.1, 0.15) is 0 Å². The number of allylic oxidation sites excluding steroid dienone is 2. The van der Waals surface area contributed by atoms with Crippen molar-refractivity contribution in [3.05, 3.63) is 142 Å². The number of aliphatic hydroxyl groups excluding tert-OH is 1. The number of benzene rings is 4. The van der Waals surface area contributed by atoms with Gasteiger partial charge < -0.3 is 15.1 Å². The molecule has 0 spiro atoms. The van der Waals surface area contributed by atoms with Gasteiger partial charge in [0, 0.05) is 50.4 Å². The molecule has 0 bridgehead atoms. The molecular formula is C55H65F3IrN2O2-2. The van der Waals surface area contributed by atoms with Crippen LogP contribution in [0.2, 0.25) is 0 Å². The van der Waals surface area contributed by atoms with E-state index in [1.165, 1.54) is 22.3 Å². The van der Waals surface area contributed by atoms with E-state index in [-0.39, 0.29) is 38.2 Å². The van der Waals surface area contributed by atoms with Crippen LogP contribution in [-0.2, 0) is 37.7 Å². The maximum absolute atomic E-state index is 12.3. The molecule has 1 unspecified atom stereocenters. The van der Waals surface area contributed by atoms with Gasteiger partial charge in [-0.25, -0.2) is 0 Å². The van der Waals surface area contributed by atoms with Crippen molar-refractivity contribution in [2.75, 3.05) is 0 Å². The fraction of sp³-hybridized carbons (Fsp3) is 0.400. The first-order valence-electron chi connectivity index (χ1n) is 22.9. The molecule has 2 aromatic heterocycles. The van der Waals surface area contributed by atoms with Gasteiger partial charge in [-0.05, 0) is 100 Å². The van der Waals surface area contributed by atoms with Gasteiger partial charge in [0.15, 0.2) is 5.78 Å². The van der Waals surface area contributed by atoms with Crippen molar-refractivity contribution in [1.29, 1.82) is 0 Å². The Labute approximate surface area is 391 Å². The van der Waals surface area contributed by atoms with Crippen LogP contribution >= 0.6 is 0 Å². The molecule has 0 fully saturated rings. The van der Waals surface area contributed by atoms with E-state index in [9.17, 15) is 23.1 Å². The Balaban J connectivity index is 0.000000260. The van der Waals surface area contributed by atoms with E-state index in [0.717, 1.165) is 74.1 Å². The van der Waals surface area contributed by atoms with Crippen molar-refractivity contribution < 1.29 is 45.9 Å². The minimum atomic E-state index is -4.33. The number of hydrogen-bond donors (Lipinski definition) is 1. The SMILES string of the molecule is CCC(CC)C(=O)/C=C(\O)C(CC)CC(F)(F)F.[2H]c1cc2cc(CC(C)C)ccc2c(-c2[c-]c(C)cc(C)c2)n1.[2H]c1cc2cc(CC(C)C)ccc2c(-c2[c-]c(C)cc(C)c2)n1.[Ir]. The zero-order valence-electron chi connectivity index (χ0n) is 40.8. The summed E-state index contributed by atoms with van der Waals surface area (Å²) in [4.78, 5) is 20.6.